The molecule has 11 aromatic carbocycles. The third-order valence-electron chi connectivity index (χ3n) is 13.2. The Morgan fingerprint density at radius 3 is 1.63 bits per heavy atom. The highest BCUT2D eigenvalue weighted by Crippen LogP contribution is 2.42. The Labute approximate surface area is 376 Å². The Balaban J connectivity index is 0.907. The number of fused-ring (bicyclic) bond motifs is 9. The lowest BCUT2D eigenvalue weighted by molar-refractivity contribution is 0.669. The minimum atomic E-state index is 0.897. The van der Waals surface area contributed by atoms with Crippen molar-refractivity contribution in [3.8, 4) is 39.1 Å². The fourth-order valence-corrected chi connectivity index (χ4v) is 10.1. The lowest BCUT2D eigenvalue weighted by atomic mass is 9.97. The molecule has 13 rings (SSSR count). The molecule has 13 aromatic rings. The van der Waals surface area contributed by atoms with Gasteiger partial charge >= 0.3 is 0 Å². The van der Waals surface area contributed by atoms with Crippen LogP contribution in [-0.4, -0.2) is 4.57 Å². The van der Waals surface area contributed by atoms with Gasteiger partial charge in [0.1, 0.15) is 11.2 Å². The monoisotopic (exact) mass is 828 g/mol. The van der Waals surface area contributed by atoms with E-state index in [1.807, 2.05) is 12.1 Å². The average Bonchev–Trinajstić information content (AvgIpc) is 3.93. The van der Waals surface area contributed by atoms with Gasteiger partial charge in [0.15, 0.2) is 0 Å². The lowest BCUT2D eigenvalue weighted by Gasteiger charge is -2.26. The summed E-state index contributed by atoms with van der Waals surface area (Å²) in [6.07, 6.45) is 0. The van der Waals surface area contributed by atoms with Gasteiger partial charge in [0, 0.05) is 44.3 Å². The normalized spacial score (nSPS) is 11.7. The Morgan fingerprint density at radius 2 is 0.862 bits per heavy atom. The first-order valence-corrected chi connectivity index (χ1v) is 22.2. The molecule has 0 saturated carbocycles. The molecule has 2 heterocycles. The number of hydrogen-bond acceptors (Lipinski definition) is 2. The van der Waals surface area contributed by atoms with Gasteiger partial charge in [-0.1, -0.05) is 164 Å². The quantitative estimate of drug-likeness (QED) is 0.149. The lowest BCUT2D eigenvalue weighted by Crippen LogP contribution is -2.10. The molecule has 65 heavy (non-hydrogen) atoms. The van der Waals surface area contributed by atoms with Crippen molar-refractivity contribution in [2.24, 2.45) is 0 Å². The van der Waals surface area contributed by atoms with Gasteiger partial charge in [-0.25, -0.2) is 0 Å². The SMILES string of the molecule is c1cc(-c2ccc3c(ccc4ccccc43)c2)cc(N(c2ccc(-c3cccc(-n4c5ccccc5c5ccccc54)c3)cc2)c2ccc(-c3cccc4oc5ccccc5c34)cc2)c1. The van der Waals surface area contributed by atoms with E-state index in [-0.39, 0.29) is 0 Å². The molecule has 0 bridgehead atoms. The summed E-state index contributed by atoms with van der Waals surface area (Å²) in [7, 11) is 0. The van der Waals surface area contributed by atoms with E-state index in [1.165, 1.54) is 54.5 Å². The van der Waals surface area contributed by atoms with Crippen molar-refractivity contribution >= 4 is 82.4 Å². The summed E-state index contributed by atoms with van der Waals surface area (Å²) in [6.45, 7) is 0. The molecule has 0 aliphatic carbocycles. The Morgan fingerprint density at radius 1 is 0.308 bits per heavy atom. The zero-order valence-corrected chi connectivity index (χ0v) is 35.4. The van der Waals surface area contributed by atoms with E-state index in [2.05, 4.69) is 240 Å². The number of rotatable bonds is 7. The summed E-state index contributed by atoms with van der Waals surface area (Å²) in [5, 5.41) is 9.83. The second-order valence-corrected chi connectivity index (χ2v) is 16.9. The number of aromatic nitrogens is 1. The molecule has 0 fully saturated rings. The third kappa shape index (κ3) is 6.20. The summed E-state index contributed by atoms with van der Waals surface area (Å²) in [6, 6.07) is 87.8. The van der Waals surface area contributed by atoms with Gasteiger partial charge in [0.05, 0.1) is 11.0 Å². The van der Waals surface area contributed by atoms with Crippen LogP contribution in [0.25, 0.3) is 104 Å². The summed E-state index contributed by atoms with van der Waals surface area (Å²) >= 11 is 0. The zero-order valence-electron chi connectivity index (χ0n) is 35.4. The van der Waals surface area contributed by atoms with Crippen LogP contribution in [0, 0.1) is 0 Å². The fourth-order valence-electron chi connectivity index (χ4n) is 10.1. The van der Waals surface area contributed by atoms with E-state index in [0.29, 0.717) is 0 Å². The number of anilines is 3. The molecule has 0 N–H and O–H groups in total. The third-order valence-corrected chi connectivity index (χ3v) is 13.2. The van der Waals surface area contributed by atoms with Crippen molar-refractivity contribution in [2.75, 3.05) is 4.90 Å². The highest BCUT2D eigenvalue weighted by molar-refractivity contribution is 6.13. The van der Waals surface area contributed by atoms with Crippen molar-refractivity contribution < 1.29 is 4.42 Å². The largest absolute Gasteiger partial charge is 0.456 e. The van der Waals surface area contributed by atoms with Crippen molar-refractivity contribution in [2.45, 2.75) is 0 Å². The van der Waals surface area contributed by atoms with Crippen molar-refractivity contribution in [3.63, 3.8) is 0 Å². The van der Waals surface area contributed by atoms with E-state index < -0.39 is 0 Å². The van der Waals surface area contributed by atoms with E-state index in [0.717, 1.165) is 66.9 Å². The summed E-state index contributed by atoms with van der Waals surface area (Å²) in [5.41, 5.74) is 15.5. The number of furan rings is 1. The summed E-state index contributed by atoms with van der Waals surface area (Å²) in [4.78, 5) is 2.37. The highest BCUT2D eigenvalue weighted by atomic mass is 16.3. The molecule has 0 spiro atoms. The van der Waals surface area contributed by atoms with Crippen LogP contribution in [0.1, 0.15) is 0 Å². The van der Waals surface area contributed by atoms with Gasteiger partial charge in [0.2, 0.25) is 0 Å². The second kappa shape index (κ2) is 15.0. The van der Waals surface area contributed by atoms with E-state index in [1.54, 1.807) is 0 Å². The van der Waals surface area contributed by atoms with Crippen LogP contribution in [0.15, 0.2) is 247 Å². The summed E-state index contributed by atoms with van der Waals surface area (Å²) < 4.78 is 8.66. The first-order valence-electron chi connectivity index (χ1n) is 22.2. The van der Waals surface area contributed by atoms with Crippen LogP contribution >= 0.6 is 0 Å². The maximum absolute atomic E-state index is 6.27. The number of benzene rings is 11. The molecule has 0 saturated heterocycles. The van der Waals surface area contributed by atoms with Gasteiger partial charge < -0.3 is 13.9 Å². The number of para-hydroxylation sites is 3. The maximum atomic E-state index is 6.27. The topological polar surface area (TPSA) is 21.3 Å². The van der Waals surface area contributed by atoms with Gasteiger partial charge in [-0.3, -0.25) is 0 Å². The molecule has 0 aliphatic heterocycles. The van der Waals surface area contributed by atoms with Crippen molar-refractivity contribution in [1.29, 1.82) is 0 Å². The van der Waals surface area contributed by atoms with Crippen LogP contribution in [0.4, 0.5) is 17.1 Å². The standard InChI is InChI=1S/C62H40N2O/c1-2-17-52-42(12-1)26-27-47-38-46(32-37-53(47)52)45-14-10-15-50(40-45)63(49-35-30-43(31-36-49)54-21-11-25-61-62(54)57-20-5-8-24-60(57)65-61)48-33-28-41(29-34-48)44-13-9-16-51(39-44)64-58-22-6-3-18-55(58)56-19-4-7-23-59(56)64/h1-40H. The van der Waals surface area contributed by atoms with Crippen LogP contribution in [0.3, 0.4) is 0 Å². The molecule has 3 heteroatoms. The molecule has 3 nitrogen and oxygen atoms in total. The van der Waals surface area contributed by atoms with E-state index in [9.17, 15) is 0 Å². The van der Waals surface area contributed by atoms with Gasteiger partial charge in [-0.15, -0.1) is 0 Å². The van der Waals surface area contributed by atoms with Gasteiger partial charge in [-0.05, 0) is 134 Å². The highest BCUT2D eigenvalue weighted by Gasteiger charge is 2.18. The van der Waals surface area contributed by atoms with Crippen molar-refractivity contribution in [3.05, 3.63) is 243 Å². The van der Waals surface area contributed by atoms with Gasteiger partial charge in [-0.2, -0.15) is 0 Å². The minimum Gasteiger partial charge on any atom is -0.456 e. The predicted octanol–water partition coefficient (Wildman–Crippen LogP) is 17.5. The van der Waals surface area contributed by atoms with Crippen LogP contribution in [-0.2, 0) is 0 Å². The molecule has 0 radical (unpaired) electrons. The smallest absolute Gasteiger partial charge is 0.136 e. The molecule has 0 atom stereocenters. The molecular formula is C62H40N2O. The Hall–Kier alpha value is -8.66. The first-order chi connectivity index (χ1) is 32.2. The zero-order chi connectivity index (χ0) is 42.8. The van der Waals surface area contributed by atoms with E-state index >= 15 is 0 Å². The molecule has 0 unspecified atom stereocenters. The first kappa shape index (κ1) is 36.9. The summed E-state index contributed by atoms with van der Waals surface area (Å²) in [5.74, 6) is 0. The van der Waals surface area contributed by atoms with Crippen molar-refractivity contribution in [1.82, 2.24) is 4.57 Å². The van der Waals surface area contributed by atoms with Crippen LogP contribution in [0.2, 0.25) is 0 Å². The predicted molar refractivity (Wildman–Crippen MR) is 274 cm³/mol. The number of hydrogen-bond donors (Lipinski definition) is 0. The molecule has 304 valence electrons. The molecule has 2 aromatic heterocycles. The van der Waals surface area contributed by atoms with Crippen LogP contribution < -0.4 is 4.90 Å². The molecular weight excluding hydrogens is 789 g/mol. The molecule has 0 amide bonds. The second-order valence-electron chi connectivity index (χ2n) is 16.9. The maximum Gasteiger partial charge on any atom is 0.136 e. The minimum absolute atomic E-state index is 0.897. The fraction of sp³-hybridized carbons (Fsp3) is 0. The number of nitrogens with zero attached hydrogens (tertiary/aromatic N) is 2. The Bertz CT molecular complexity index is 3900. The van der Waals surface area contributed by atoms with Gasteiger partial charge in [0.25, 0.3) is 0 Å². The molecule has 0 aliphatic rings. The van der Waals surface area contributed by atoms with Crippen LogP contribution in [0.5, 0.6) is 0 Å². The van der Waals surface area contributed by atoms with E-state index in [4.69, 9.17) is 4.42 Å². The average molecular weight is 829 g/mol. The Kier molecular flexibility index (Phi) is 8.53.